The van der Waals surface area contributed by atoms with Crippen LogP contribution in [0.5, 0.6) is 0 Å². The smallest absolute Gasteiger partial charge is 0.0688 e. The van der Waals surface area contributed by atoms with Crippen molar-refractivity contribution < 1.29 is 0 Å². The first kappa shape index (κ1) is 28.4. The van der Waals surface area contributed by atoms with Crippen LogP contribution in [-0.2, 0) is 12.8 Å². The molecule has 5 rings (SSSR count). The van der Waals surface area contributed by atoms with E-state index in [4.69, 9.17) is 4.74 Å². The molecule has 3 heteroatoms. The van der Waals surface area contributed by atoms with Crippen LogP contribution in [0.25, 0.3) is 5.70 Å². The lowest BCUT2D eigenvalue weighted by atomic mass is 10.0. The number of hydrogen-bond donors (Lipinski definition) is 1. The van der Waals surface area contributed by atoms with Crippen molar-refractivity contribution in [2.45, 2.75) is 40.5 Å². The predicted molar refractivity (Wildman–Crippen MR) is 180 cm³/mol. The van der Waals surface area contributed by atoms with Crippen molar-refractivity contribution in [3.63, 3.8) is 0 Å². The number of hydrogen-bond acceptors (Lipinski definition) is 2. The normalized spacial score (nSPS) is 11.8. The Labute approximate surface area is 245 Å². The van der Waals surface area contributed by atoms with E-state index in [1.807, 2.05) is 0 Å². The zero-order valence-electron chi connectivity index (χ0n) is 24.5. The fraction of sp³-hybridized carbons (Fsp3) is 0.158. The van der Waals surface area contributed by atoms with Gasteiger partial charge >= 0.3 is 0 Å². The van der Waals surface area contributed by atoms with Crippen LogP contribution in [0.4, 0.5) is 11.4 Å². The monoisotopic (exact) mass is 554 g/mol. The van der Waals surface area contributed by atoms with Crippen molar-refractivity contribution in [2.75, 3.05) is 5.32 Å². The van der Waals surface area contributed by atoms with Gasteiger partial charge in [-0.3, -0.25) is 4.74 Å². The van der Waals surface area contributed by atoms with Crippen molar-refractivity contribution in [3.8, 4) is 0 Å². The molecule has 2 nitrogen and oxygen atoms in total. The number of rotatable bonds is 9. The van der Waals surface area contributed by atoms with Crippen LogP contribution < -0.4 is 15.9 Å². The molecule has 0 spiro atoms. The van der Waals surface area contributed by atoms with Gasteiger partial charge in [0.15, 0.2) is 0 Å². The molecule has 0 aliphatic heterocycles. The Hall–Kier alpha value is -4.13. The van der Waals surface area contributed by atoms with Gasteiger partial charge in [-0.25, -0.2) is 0 Å². The van der Waals surface area contributed by atoms with Crippen LogP contribution in [0.1, 0.15) is 41.7 Å². The summed E-state index contributed by atoms with van der Waals surface area (Å²) in [6, 6.07) is 45.6. The SMILES string of the molecule is CCc1cccc(CC)c1N=P(/C=C(\Nc1c(C)cccc1C)c1ccccc1)(c1ccccc1)c1ccccc1. The molecule has 0 saturated heterocycles. The van der Waals surface area contributed by atoms with Crippen molar-refractivity contribution in [1.82, 2.24) is 0 Å². The van der Waals surface area contributed by atoms with Gasteiger partial charge in [-0.1, -0.05) is 141 Å². The topological polar surface area (TPSA) is 24.4 Å². The quantitative estimate of drug-likeness (QED) is 0.180. The minimum atomic E-state index is -2.49. The van der Waals surface area contributed by atoms with Crippen LogP contribution in [0.3, 0.4) is 0 Å². The summed E-state index contributed by atoms with van der Waals surface area (Å²) < 4.78 is 5.92. The molecule has 0 amide bonds. The molecule has 206 valence electrons. The summed E-state index contributed by atoms with van der Waals surface area (Å²) in [7, 11) is -2.49. The van der Waals surface area contributed by atoms with Crippen LogP contribution >= 0.6 is 7.05 Å². The average molecular weight is 555 g/mol. The van der Waals surface area contributed by atoms with E-state index in [2.05, 4.69) is 166 Å². The van der Waals surface area contributed by atoms with Gasteiger partial charge in [-0.05, 0) is 60.3 Å². The third-order valence-electron chi connectivity index (χ3n) is 7.66. The minimum absolute atomic E-state index is 0.937. The lowest BCUT2D eigenvalue weighted by molar-refractivity contribution is 1.08. The molecule has 0 aliphatic rings. The van der Waals surface area contributed by atoms with E-state index in [9.17, 15) is 0 Å². The highest BCUT2D eigenvalue weighted by Gasteiger charge is 2.26. The van der Waals surface area contributed by atoms with Gasteiger partial charge in [0.1, 0.15) is 0 Å². The highest BCUT2D eigenvalue weighted by atomic mass is 31.2. The van der Waals surface area contributed by atoms with E-state index in [1.165, 1.54) is 32.9 Å². The maximum Gasteiger partial charge on any atom is 0.0688 e. The lowest BCUT2D eigenvalue weighted by Crippen LogP contribution is -2.16. The molecule has 5 aromatic carbocycles. The number of nitrogens with one attached hydrogen (secondary N) is 1. The molecule has 0 fully saturated rings. The maximum absolute atomic E-state index is 5.92. The van der Waals surface area contributed by atoms with Crippen LogP contribution in [-0.4, -0.2) is 0 Å². The summed E-state index contributed by atoms with van der Waals surface area (Å²) in [6.45, 7) is 8.80. The first-order valence-corrected chi connectivity index (χ1v) is 16.3. The fourth-order valence-corrected chi connectivity index (χ4v) is 8.68. The lowest BCUT2D eigenvalue weighted by Gasteiger charge is -2.27. The number of anilines is 1. The van der Waals surface area contributed by atoms with Gasteiger partial charge in [0.2, 0.25) is 0 Å². The summed E-state index contributed by atoms with van der Waals surface area (Å²) in [5, 5.41) is 6.36. The van der Waals surface area contributed by atoms with Crippen molar-refractivity contribution in [1.29, 1.82) is 0 Å². The minimum Gasteiger partial charge on any atom is -0.355 e. The van der Waals surface area contributed by atoms with E-state index in [-0.39, 0.29) is 0 Å². The molecule has 0 heterocycles. The Morgan fingerprint density at radius 3 is 1.56 bits per heavy atom. The van der Waals surface area contributed by atoms with Gasteiger partial charge in [0, 0.05) is 22.0 Å². The Morgan fingerprint density at radius 2 is 1.07 bits per heavy atom. The number of nitrogens with zero attached hydrogens (tertiary/aromatic N) is 1. The summed E-state index contributed by atoms with van der Waals surface area (Å²) in [5.74, 6) is 2.45. The maximum atomic E-state index is 5.92. The third kappa shape index (κ3) is 6.14. The van der Waals surface area contributed by atoms with Crippen molar-refractivity contribution in [2.24, 2.45) is 4.74 Å². The van der Waals surface area contributed by atoms with Gasteiger partial charge in [0.05, 0.1) is 12.7 Å². The first-order chi connectivity index (χ1) is 20.1. The second-order valence-corrected chi connectivity index (χ2v) is 13.3. The van der Waals surface area contributed by atoms with Crippen LogP contribution in [0.2, 0.25) is 0 Å². The summed E-state index contributed by atoms with van der Waals surface area (Å²) >= 11 is 0. The Morgan fingerprint density at radius 1 is 0.610 bits per heavy atom. The zero-order chi connectivity index (χ0) is 28.7. The fourth-order valence-electron chi connectivity index (χ4n) is 5.38. The Kier molecular flexibility index (Phi) is 9.02. The van der Waals surface area contributed by atoms with Crippen molar-refractivity contribution >= 4 is 34.7 Å². The largest absolute Gasteiger partial charge is 0.355 e. The molecule has 1 N–H and O–H groups in total. The van der Waals surface area contributed by atoms with Gasteiger partial charge in [0.25, 0.3) is 0 Å². The zero-order valence-corrected chi connectivity index (χ0v) is 25.4. The molecular weight excluding hydrogens is 515 g/mol. The molecule has 0 aromatic heterocycles. The molecule has 0 saturated carbocycles. The van der Waals surface area contributed by atoms with E-state index >= 15 is 0 Å². The summed E-state index contributed by atoms with van der Waals surface area (Å²) in [5.41, 5.74) is 9.50. The van der Waals surface area contributed by atoms with Gasteiger partial charge < -0.3 is 5.32 Å². The molecule has 0 radical (unpaired) electrons. The molecule has 41 heavy (non-hydrogen) atoms. The van der Waals surface area contributed by atoms with Crippen LogP contribution in [0.15, 0.2) is 138 Å². The summed E-state index contributed by atoms with van der Waals surface area (Å²) in [4.78, 5) is 0. The molecule has 0 bridgehead atoms. The van der Waals surface area contributed by atoms with Crippen molar-refractivity contribution in [3.05, 3.63) is 161 Å². The number of aryl methyl sites for hydroxylation is 4. The molecule has 0 aliphatic carbocycles. The second-order valence-electron chi connectivity index (χ2n) is 10.4. The van der Waals surface area contributed by atoms with Crippen LogP contribution in [0, 0.1) is 13.8 Å². The average Bonchev–Trinajstić information content (AvgIpc) is 3.03. The highest BCUT2D eigenvalue weighted by Crippen LogP contribution is 2.54. The molecule has 5 aromatic rings. The van der Waals surface area contributed by atoms with E-state index in [1.54, 1.807) is 0 Å². The van der Waals surface area contributed by atoms with E-state index in [0.29, 0.717) is 0 Å². The second kappa shape index (κ2) is 13.0. The molecule has 0 atom stereocenters. The molecular formula is C38H39N2P. The molecule has 0 unspecified atom stereocenters. The van der Waals surface area contributed by atoms with E-state index < -0.39 is 7.05 Å². The van der Waals surface area contributed by atoms with E-state index in [0.717, 1.165) is 35.5 Å². The Bertz CT molecular complexity index is 1600. The van der Waals surface area contributed by atoms with Gasteiger partial charge in [-0.2, -0.15) is 0 Å². The highest BCUT2D eigenvalue weighted by molar-refractivity contribution is 7.83. The van der Waals surface area contributed by atoms with Gasteiger partial charge in [-0.15, -0.1) is 0 Å². The Balaban J connectivity index is 1.93. The number of benzene rings is 5. The number of para-hydroxylation sites is 1. The first-order valence-electron chi connectivity index (χ1n) is 14.5. The summed E-state index contributed by atoms with van der Waals surface area (Å²) in [6.07, 6.45) is 1.87. The third-order valence-corrected chi connectivity index (χ3v) is 11.0. The predicted octanol–water partition coefficient (Wildman–Crippen LogP) is 10.0. The standard InChI is InChI=1S/C38H39N2P/c1-5-31-22-17-23-32(6-2)38(31)40-41(34-24-12-8-13-25-34,35-26-14-9-15-27-35)28-36(33-20-10-7-11-21-33)39-37-29(3)18-16-19-30(37)4/h7-28,39H,5-6H2,1-4H3/b36-28-.